The maximum atomic E-state index is 12.5. The van der Waals surface area contributed by atoms with Crippen molar-refractivity contribution < 1.29 is 4.79 Å². The summed E-state index contributed by atoms with van der Waals surface area (Å²) in [6.07, 6.45) is 3.55. The molecule has 3 atom stereocenters. The Hall–Kier alpha value is -2.08. The monoisotopic (exact) mass is 382 g/mol. The first-order valence-corrected chi connectivity index (χ1v) is 10.7. The molecule has 1 N–H and O–H groups in total. The molecular weight excluding hydrogens is 356 g/mol. The van der Waals surface area contributed by atoms with Crippen LogP contribution >= 0.6 is 11.8 Å². The SMILES string of the molecule is Cc1cc2nnc(SCC(=O)N[C@@H]3CCC[C@H](C)[C@H]3C)n2c2ccccc12. The number of nitrogens with zero attached hydrogens (tertiary/aromatic N) is 3. The van der Waals surface area contributed by atoms with Gasteiger partial charge in [0.25, 0.3) is 0 Å². The Kier molecular flexibility index (Phi) is 5.08. The van der Waals surface area contributed by atoms with E-state index in [2.05, 4.69) is 48.4 Å². The Morgan fingerprint density at radius 1 is 1.26 bits per heavy atom. The molecule has 1 amide bonds. The van der Waals surface area contributed by atoms with Crippen LogP contribution in [0.25, 0.3) is 16.6 Å². The van der Waals surface area contributed by atoms with E-state index >= 15 is 0 Å². The van der Waals surface area contributed by atoms with Crippen molar-refractivity contribution in [3.8, 4) is 0 Å². The largest absolute Gasteiger partial charge is 0.352 e. The highest BCUT2D eigenvalue weighted by Gasteiger charge is 2.28. The van der Waals surface area contributed by atoms with Gasteiger partial charge in [-0.05, 0) is 42.9 Å². The summed E-state index contributed by atoms with van der Waals surface area (Å²) in [5, 5.41) is 13.8. The molecule has 0 unspecified atom stereocenters. The van der Waals surface area contributed by atoms with E-state index in [1.54, 1.807) is 0 Å². The van der Waals surface area contributed by atoms with Gasteiger partial charge in [0.2, 0.25) is 5.91 Å². The topological polar surface area (TPSA) is 59.3 Å². The minimum absolute atomic E-state index is 0.0825. The van der Waals surface area contributed by atoms with E-state index in [4.69, 9.17) is 0 Å². The van der Waals surface area contributed by atoms with Gasteiger partial charge in [-0.25, -0.2) is 0 Å². The number of amides is 1. The van der Waals surface area contributed by atoms with Crippen LogP contribution in [0, 0.1) is 18.8 Å². The van der Waals surface area contributed by atoms with Crippen molar-refractivity contribution in [2.24, 2.45) is 11.8 Å². The Bertz CT molecular complexity index is 983. The molecule has 0 spiro atoms. The maximum Gasteiger partial charge on any atom is 0.230 e. The number of pyridine rings is 1. The number of carbonyl (C=O) groups is 1. The van der Waals surface area contributed by atoms with E-state index in [-0.39, 0.29) is 5.91 Å². The van der Waals surface area contributed by atoms with Gasteiger partial charge < -0.3 is 5.32 Å². The van der Waals surface area contributed by atoms with Gasteiger partial charge in [-0.2, -0.15) is 0 Å². The van der Waals surface area contributed by atoms with Crippen LogP contribution in [-0.4, -0.2) is 32.3 Å². The lowest BCUT2D eigenvalue weighted by atomic mass is 9.78. The zero-order valence-corrected chi connectivity index (χ0v) is 16.9. The normalized spacial score (nSPS) is 23.0. The van der Waals surface area contributed by atoms with Crippen molar-refractivity contribution in [2.45, 2.75) is 51.2 Å². The number of rotatable bonds is 4. The molecule has 1 fully saturated rings. The van der Waals surface area contributed by atoms with Crippen molar-refractivity contribution >= 4 is 34.2 Å². The number of aryl methyl sites for hydroxylation is 1. The molecule has 4 rings (SSSR count). The Morgan fingerprint density at radius 3 is 2.93 bits per heavy atom. The molecule has 6 heteroatoms. The molecule has 1 aliphatic carbocycles. The number of carbonyl (C=O) groups excluding carboxylic acids is 1. The fourth-order valence-corrected chi connectivity index (χ4v) is 4.90. The second-order valence-electron chi connectivity index (χ2n) is 7.75. The minimum Gasteiger partial charge on any atom is -0.352 e. The predicted molar refractivity (Wildman–Crippen MR) is 110 cm³/mol. The molecule has 0 aliphatic heterocycles. The van der Waals surface area contributed by atoms with Crippen molar-refractivity contribution in [1.29, 1.82) is 0 Å². The van der Waals surface area contributed by atoms with E-state index in [0.29, 0.717) is 23.6 Å². The molecule has 0 radical (unpaired) electrons. The van der Waals surface area contributed by atoms with E-state index in [9.17, 15) is 4.79 Å². The third-order valence-electron chi connectivity index (χ3n) is 5.96. The molecule has 2 aromatic heterocycles. The Labute approximate surface area is 163 Å². The Balaban J connectivity index is 1.51. The molecule has 1 saturated carbocycles. The zero-order valence-electron chi connectivity index (χ0n) is 16.1. The molecule has 142 valence electrons. The molecular formula is C21H26N4OS. The third kappa shape index (κ3) is 3.55. The number of thioether (sulfide) groups is 1. The summed E-state index contributed by atoms with van der Waals surface area (Å²) >= 11 is 1.45. The number of hydrogen-bond acceptors (Lipinski definition) is 4. The first-order valence-electron chi connectivity index (χ1n) is 9.70. The zero-order chi connectivity index (χ0) is 19.0. The number of benzene rings is 1. The lowest BCUT2D eigenvalue weighted by Crippen LogP contribution is -2.44. The summed E-state index contributed by atoms with van der Waals surface area (Å²) in [4.78, 5) is 12.5. The van der Waals surface area contributed by atoms with Gasteiger partial charge in [-0.15, -0.1) is 10.2 Å². The van der Waals surface area contributed by atoms with Crippen LogP contribution in [0.2, 0.25) is 0 Å². The second kappa shape index (κ2) is 7.50. The highest BCUT2D eigenvalue weighted by Crippen LogP contribution is 2.30. The third-order valence-corrected chi connectivity index (χ3v) is 6.89. The quantitative estimate of drug-likeness (QED) is 0.686. The molecule has 2 heterocycles. The predicted octanol–water partition coefficient (Wildman–Crippen LogP) is 4.22. The van der Waals surface area contributed by atoms with E-state index in [1.165, 1.54) is 35.6 Å². The molecule has 1 aliphatic rings. The van der Waals surface area contributed by atoms with E-state index in [1.807, 2.05) is 22.6 Å². The average molecular weight is 383 g/mol. The summed E-state index contributed by atoms with van der Waals surface area (Å²) in [5.41, 5.74) is 3.08. The van der Waals surface area contributed by atoms with Crippen LogP contribution in [0.3, 0.4) is 0 Å². The van der Waals surface area contributed by atoms with Crippen LogP contribution in [-0.2, 0) is 4.79 Å². The van der Waals surface area contributed by atoms with Crippen LogP contribution in [0.15, 0.2) is 35.5 Å². The summed E-state index contributed by atoms with van der Waals surface area (Å²) in [6.45, 7) is 6.62. The molecule has 3 aromatic rings. The van der Waals surface area contributed by atoms with Crippen molar-refractivity contribution in [3.63, 3.8) is 0 Å². The van der Waals surface area contributed by atoms with Gasteiger partial charge in [0.05, 0.1) is 11.3 Å². The standard InChI is InChI=1S/C21H26N4OS/c1-13-7-6-9-17(15(13)3)22-20(26)12-27-21-24-23-19-11-14(2)16-8-4-5-10-18(16)25(19)21/h4-5,8,10-11,13,15,17H,6-7,9,12H2,1-3H3,(H,22,26)/t13-,15+,17+/m0/s1. The molecule has 27 heavy (non-hydrogen) atoms. The number of fused-ring (bicyclic) bond motifs is 3. The van der Waals surface area contributed by atoms with Crippen LogP contribution in [0.4, 0.5) is 0 Å². The summed E-state index contributed by atoms with van der Waals surface area (Å²) in [6, 6.07) is 10.6. The smallest absolute Gasteiger partial charge is 0.230 e. The van der Waals surface area contributed by atoms with Gasteiger partial charge >= 0.3 is 0 Å². The number of aromatic nitrogens is 3. The fraction of sp³-hybridized carbons (Fsp3) is 0.476. The van der Waals surface area contributed by atoms with Crippen molar-refractivity contribution in [1.82, 2.24) is 19.9 Å². The maximum absolute atomic E-state index is 12.5. The van der Waals surface area contributed by atoms with Crippen LogP contribution in [0.1, 0.15) is 38.7 Å². The van der Waals surface area contributed by atoms with Crippen molar-refractivity contribution in [2.75, 3.05) is 5.75 Å². The van der Waals surface area contributed by atoms with Crippen LogP contribution < -0.4 is 5.32 Å². The van der Waals surface area contributed by atoms with Gasteiger partial charge in [0, 0.05) is 11.4 Å². The fourth-order valence-electron chi connectivity index (χ4n) is 4.13. The number of para-hydroxylation sites is 1. The number of nitrogens with one attached hydrogen (secondary N) is 1. The molecule has 0 saturated heterocycles. The van der Waals surface area contributed by atoms with Gasteiger partial charge in [-0.3, -0.25) is 9.20 Å². The lowest BCUT2D eigenvalue weighted by molar-refractivity contribution is -0.120. The van der Waals surface area contributed by atoms with Crippen molar-refractivity contribution in [3.05, 3.63) is 35.9 Å². The summed E-state index contributed by atoms with van der Waals surface area (Å²) in [7, 11) is 0. The first kappa shape index (κ1) is 18.3. The average Bonchev–Trinajstić information content (AvgIpc) is 3.07. The van der Waals surface area contributed by atoms with E-state index < -0.39 is 0 Å². The lowest BCUT2D eigenvalue weighted by Gasteiger charge is -2.34. The van der Waals surface area contributed by atoms with Gasteiger partial charge in [0.1, 0.15) is 0 Å². The highest BCUT2D eigenvalue weighted by atomic mass is 32.2. The Morgan fingerprint density at radius 2 is 2.07 bits per heavy atom. The summed E-state index contributed by atoms with van der Waals surface area (Å²) < 4.78 is 2.05. The van der Waals surface area contributed by atoms with E-state index in [0.717, 1.165) is 22.7 Å². The molecule has 5 nitrogen and oxygen atoms in total. The molecule has 1 aromatic carbocycles. The van der Waals surface area contributed by atoms with Gasteiger partial charge in [-0.1, -0.05) is 56.7 Å². The van der Waals surface area contributed by atoms with Crippen LogP contribution in [0.5, 0.6) is 0 Å². The van der Waals surface area contributed by atoms with Gasteiger partial charge in [0.15, 0.2) is 10.8 Å². The second-order valence-corrected chi connectivity index (χ2v) is 8.69. The summed E-state index contributed by atoms with van der Waals surface area (Å²) in [5.74, 6) is 1.65. The number of hydrogen-bond donors (Lipinski definition) is 1. The highest BCUT2D eigenvalue weighted by molar-refractivity contribution is 7.99. The first-order chi connectivity index (χ1) is 13.0. The minimum atomic E-state index is 0.0825. The molecule has 0 bridgehead atoms.